The summed E-state index contributed by atoms with van der Waals surface area (Å²) in [5.41, 5.74) is 0.317. The van der Waals surface area contributed by atoms with Crippen molar-refractivity contribution in [1.29, 1.82) is 0 Å². The molecule has 5 heteroatoms. The van der Waals surface area contributed by atoms with Crippen LogP contribution in [0.4, 0.5) is 5.13 Å². The van der Waals surface area contributed by atoms with Crippen LogP contribution in [0, 0.1) is 5.41 Å². The van der Waals surface area contributed by atoms with Crippen LogP contribution < -0.4 is 5.32 Å². The van der Waals surface area contributed by atoms with Gasteiger partial charge in [-0.05, 0) is 37.5 Å². The fourth-order valence-electron chi connectivity index (χ4n) is 3.46. The number of aromatic nitrogens is 1. The number of thiazole rings is 1. The van der Waals surface area contributed by atoms with E-state index in [2.05, 4.69) is 29.0 Å². The molecule has 2 aliphatic rings. The minimum atomic E-state index is 0.137. The molecule has 1 N–H and O–H groups in total. The molecule has 1 aliphatic heterocycles. The Morgan fingerprint density at radius 2 is 2.41 bits per heavy atom. The molecule has 118 valence electrons. The molecule has 0 aromatic carbocycles. The Balaban J connectivity index is 1.67. The number of amides is 1. The lowest BCUT2D eigenvalue weighted by Crippen LogP contribution is -2.46. The Bertz CT molecular complexity index is 580. The van der Waals surface area contributed by atoms with Crippen LogP contribution in [0.5, 0.6) is 0 Å². The summed E-state index contributed by atoms with van der Waals surface area (Å²) in [7, 11) is 0. The number of carbonyl (C=O) groups excluding carboxylic acids is 1. The van der Waals surface area contributed by atoms with Gasteiger partial charge in [-0.25, -0.2) is 4.98 Å². The standard InChI is InChI=1S/C17H23N3OS/c1-2-10-18-16-19-12-14(22-16)15(21)20-11-6-9-17(13-20)7-4-3-5-8-17/h2-4,12H,1,5-11,13H2,(H,18,19)/t17-/m0/s1. The largest absolute Gasteiger partial charge is 0.358 e. The summed E-state index contributed by atoms with van der Waals surface area (Å²) >= 11 is 1.43. The monoisotopic (exact) mass is 317 g/mol. The predicted molar refractivity (Wildman–Crippen MR) is 91.4 cm³/mol. The molecule has 1 amide bonds. The van der Waals surface area contributed by atoms with Gasteiger partial charge in [0.15, 0.2) is 5.13 Å². The highest BCUT2D eigenvalue weighted by Crippen LogP contribution is 2.41. The molecule has 0 saturated carbocycles. The Hall–Kier alpha value is -1.62. The number of likely N-dealkylation sites (tertiary alicyclic amines) is 1. The number of piperidine rings is 1. The quantitative estimate of drug-likeness (QED) is 0.861. The number of nitrogens with zero attached hydrogens (tertiary/aromatic N) is 2. The van der Waals surface area contributed by atoms with Crippen molar-refractivity contribution in [3.05, 3.63) is 35.9 Å². The molecule has 1 atom stereocenters. The van der Waals surface area contributed by atoms with Gasteiger partial charge < -0.3 is 10.2 Å². The van der Waals surface area contributed by atoms with Gasteiger partial charge in [0.1, 0.15) is 4.88 Å². The second kappa shape index (κ2) is 6.65. The number of allylic oxidation sites excluding steroid dienone is 2. The van der Waals surface area contributed by atoms with Crippen molar-refractivity contribution >= 4 is 22.4 Å². The Morgan fingerprint density at radius 3 is 3.18 bits per heavy atom. The zero-order valence-electron chi connectivity index (χ0n) is 12.9. The molecular weight excluding hydrogens is 294 g/mol. The Morgan fingerprint density at radius 1 is 1.50 bits per heavy atom. The van der Waals surface area contributed by atoms with Crippen molar-refractivity contribution in [2.24, 2.45) is 5.41 Å². The number of hydrogen-bond donors (Lipinski definition) is 1. The molecule has 4 nitrogen and oxygen atoms in total. The summed E-state index contributed by atoms with van der Waals surface area (Å²) in [5, 5.41) is 3.93. The lowest BCUT2D eigenvalue weighted by molar-refractivity contribution is 0.0488. The number of hydrogen-bond acceptors (Lipinski definition) is 4. The van der Waals surface area contributed by atoms with Crippen molar-refractivity contribution in [2.75, 3.05) is 25.0 Å². The molecule has 0 unspecified atom stereocenters. The van der Waals surface area contributed by atoms with E-state index in [0.29, 0.717) is 12.0 Å². The van der Waals surface area contributed by atoms with E-state index in [-0.39, 0.29) is 5.91 Å². The van der Waals surface area contributed by atoms with E-state index in [1.54, 1.807) is 12.3 Å². The van der Waals surface area contributed by atoms with Crippen LogP contribution >= 0.6 is 11.3 Å². The molecule has 22 heavy (non-hydrogen) atoms. The van der Waals surface area contributed by atoms with E-state index in [9.17, 15) is 4.79 Å². The van der Waals surface area contributed by atoms with Gasteiger partial charge in [0, 0.05) is 19.6 Å². The molecule has 1 aromatic rings. The maximum Gasteiger partial charge on any atom is 0.265 e. The van der Waals surface area contributed by atoms with E-state index in [4.69, 9.17) is 0 Å². The average molecular weight is 317 g/mol. The summed E-state index contributed by atoms with van der Waals surface area (Å²) in [6.45, 7) is 6.11. The maximum atomic E-state index is 12.7. The fourth-order valence-corrected chi connectivity index (χ4v) is 4.26. The van der Waals surface area contributed by atoms with Crippen molar-refractivity contribution in [3.8, 4) is 0 Å². The summed E-state index contributed by atoms with van der Waals surface area (Å²) < 4.78 is 0. The molecule has 2 heterocycles. The second-order valence-electron chi connectivity index (χ2n) is 6.24. The zero-order chi connectivity index (χ0) is 15.4. The van der Waals surface area contributed by atoms with E-state index in [0.717, 1.165) is 42.4 Å². The summed E-state index contributed by atoms with van der Waals surface area (Å²) in [6.07, 6.45) is 13.9. The van der Waals surface area contributed by atoms with Gasteiger partial charge in [-0.3, -0.25) is 4.79 Å². The third kappa shape index (κ3) is 3.24. The first kappa shape index (κ1) is 15.3. The average Bonchev–Trinajstić information content (AvgIpc) is 3.02. The van der Waals surface area contributed by atoms with Crippen LogP contribution in [0.3, 0.4) is 0 Å². The van der Waals surface area contributed by atoms with Gasteiger partial charge in [-0.1, -0.05) is 29.6 Å². The lowest BCUT2D eigenvalue weighted by atomic mass is 9.71. The number of anilines is 1. The van der Waals surface area contributed by atoms with Crippen LogP contribution in [0.15, 0.2) is 31.0 Å². The van der Waals surface area contributed by atoms with Gasteiger partial charge in [-0.15, -0.1) is 6.58 Å². The molecule has 3 rings (SSSR count). The Kier molecular flexibility index (Phi) is 4.62. The SMILES string of the molecule is C=CCNc1ncc(C(=O)N2CCC[C@@]3(CC=CCC3)C2)s1. The van der Waals surface area contributed by atoms with Crippen LogP contribution in [0.25, 0.3) is 0 Å². The zero-order valence-corrected chi connectivity index (χ0v) is 13.7. The maximum absolute atomic E-state index is 12.7. The minimum Gasteiger partial charge on any atom is -0.358 e. The van der Waals surface area contributed by atoms with Crippen molar-refractivity contribution < 1.29 is 4.79 Å². The molecule has 0 bridgehead atoms. The first-order valence-corrected chi connectivity index (χ1v) is 8.79. The summed E-state index contributed by atoms with van der Waals surface area (Å²) in [6, 6.07) is 0. The van der Waals surface area contributed by atoms with Gasteiger partial charge in [0.2, 0.25) is 0 Å². The van der Waals surface area contributed by atoms with Crippen LogP contribution in [-0.4, -0.2) is 35.4 Å². The first-order chi connectivity index (χ1) is 10.7. The smallest absolute Gasteiger partial charge is 0.265 e. The van der Waals surface area contributed by atoms with Crippen LogP contribution in [0.1, 0.15) is 41.8 Å². The normalized spacial score (nSPS) is 24.5. The van der Waals surface area contributed by atoms with Crippen molar-refractivity contribution in [3.63, 3.8) is 0 Å². The highest BCUT2D eigenvalue weighted by molar-refractivity contribution is 7.17. The third-order valence-corrected chi connectivity index (χ3v) is 5.56. The Labute approximate surface area is 135 Å². The van der Waals surface area contributed by atoms with E-state index in [1.165, 1.54) is 24.2 Å². The van der Waals surface area contributed by atoms with Crippen LogP contribution in [0.2, 0.25) is 0 Å². The van der Waals surface area contributed by atoms with Crippen LogP contribution in [-0.2, 0) is 0 Å². The van der Waals surface area contributed by atoms with E-state index in [1.807, 2.05) is 4.90 Å². The molecule has 1 fully saturated rings. The minimum absolute atomic E-state index is 0.137. The van der Waals surface area contributed by atoms with E-state index >= 15 is 0 Å². The van der Waals surface area contributed by atoms with Crippen molar-refractivity contribution in [1.82, 2.24) is 9.88 Å². The lowest BCUT2D eigenvalue weighted by Gasteiger charge is -2.43. The molecule has 1 saturated heterocycles. The van der Waals surface area contributed by atoms with E-state index < -0.39 is 0 Å². The summed E-state index contributed by atoms with van der Waals surface area (Å²) in [5.74, 6) is 0.137. The number of nitrogens with one attached hydrogen (secondary N) is 1. The highest BCUT2D eigenvalue weighted by atomic mass is 32.1. The third-order valence-electron chi connectivity index (χ3n) is 4.62. The predicted octanol–water partition coefficient (Wildman–Crippen LogP) is 3.70. The van der Waals surface area contributed by atoms with Gasteiger partial charge in [0.25, 0.3) is 5.91 Å². The molecule has 0 radical (unpaired) electrons. The molecule has 1 spiro atoms. The van der Waals surface area contributed by atoms with Crippen molar-refractivity contribution in [2.45, 2.75) is 32.1 Å². The molecular formula is C17H23N3OS. The number of carbonyl (C=O) groups is 1. The highest BCUT2D eigenvalue weighted by Gasteiger charge is 2.37. The number of rotatable bonds is 4. The first-order valence-electron chi connectivity index (χ1n) is 7.97. The van der Waals surface area contributed by atoms with Gasteiger partial charge in [-0.2, -0.15) is 0 Å². The van der Waals surface area contributed by atoms with Gasteiger partial charge in [0.05, 0.1) is 6.20 Å². The second-order valence-corrected chi connectivity index (χ2v) is 7.27. The topological polar surface area (TPSA) is 45.2 Å². The molecule has 1 aromatic heterocycles. The molecule has 1 aliphatic carbocycles. The summed E-state index contributed by atoms with van der Waals surface area (Å²) in [4.78, 5) is 19.8. The van der Waals surface area contributed by atoms with Gasteiger partial charge >= 0.3 is 0 Å². The fraction of sp³-hybridized carbons (Fsp3) is 0.529.